The lowest BCUT2D eigenvalue weighted by Gasteiger charge is -2.25. The van der Waals surface area contributed by atoms with E-state index < -0.39 is 0 Å². The van der Waals surface area contributed by atoms with E-state index in [4.69, 9.17) is 0 Å². The van der Waals surface area contributed by atoms with Crippen LogP contribution in [0, 0.1) is 0 Å². The van der Waals surface area contributed by atoms with Crippen LogP contribution in [-0.4, -0.2) is 51.1 Å². The minimum atomic E-state index is -0.193. The topological polar surface area (TPSA) is 96.8 Å². The summed E-state index contributed by atoms with van der Waals surface area (Å²) < 4.78 is 2.19. The number of rotatable bonds is 10. The van der Waals surface area contributed by atoms with Gasteiger partial charge < -0.3 is 4.57 Å². The van der Waals surface area contributed by atoms with Gasteiger partial charge in [0, 0.05) is 46.9 Å². The maximum absolute atomic E-state index is 12.3. The van der Waals surface area contributed by atoms with Gasteiger partial charge in [-0.25, -0.2) is 0 Å². The van der Waals surface area contributed by atoms with Crippen molar-refractivity contribution in [2.75, 3.05) is 13.1 Å². The number of carbonyl (C=O) groups excluding carboxylic acids is 4. The van der Waals surface area contributed by atoms with Gasteiger partial charge in [-0.3, -0.25) is 33.8 Å². The Labute approximate surface area is 869 Å². The molecule has 2 aliphatic heterocycles. The fraction of sp³-hybridized carbons (Fsp3) is 0.152. The van der Waals surface area contributed by atoms with E-state index in [0.717, 1.165) is 72.6 Å². The van der Waals surface area contributed by atoms with Gasteiger partial charge in [-0.2, -0.15) is 0 Å². The third-order valence-corrected chi connectivity index (χ3v) is 22.4. The summed E-state index contributed by atoms with van der Waals surface area (Å²) in [6.07, 6.45) is 3.75. The Kier molecular flexibility index (Phi) is 51.4. The molecule has 18 aromatic carbocycles. The van der Waals surface area contributed by atoms with Crippen molar-refractivity contribution in [3.63, 3.8) is 0 Å². The van der Waals surface area contributed by atoms with Crippen LogP contribution in [0.5, 0.6) is 0 Å². The Hall–Kier alpha value is -16.8. The van der Waals surface area contributed by atoms with Crippen LogP contribution in [0.4, 0.5) is 0 Å². The van der Waals surface area contributed by atoms with Crippen molar-refractivity contribution in [2.45, 2.75) is 130 Å². The van der Waals surface area contributed by atoms with Crippen LogP contribution < -0.4 is 5.43 Å². The molecule has 0 unspecified atom stereocenters. The average molecular weight is 1930 g/mol. The molecular weight excluding hydrogens is 1780 g/mol. The highest BCUT2D eigenvalue weighted by Gasteiger charge is 2.34. The molecule has 146 heavy (non-hydrogen) atoms. The largest absolute Gasteiger partial charge is 0.341 e. The predicted octanol–water partition coefficient (Wildman–Crippen LogP) is 37.7. The van der Waals surface area contributed by atoms with Gasteiger partial charge in [0.1, 0.15) is 0 Å². The summed E-state index contributed by atoms with van der Waals surface area (Å²) in [4.78, 5) is 62.3. The lowest BCUT2D eigenvalue weighted by atomic mass is 9.94. The van der Waals surface area contributed by atoms with E-state index >= 15 is 0 Å². The van der Waals surface area contributed by atoms with Crippen molar-refractivity contribution in [3.05, 3.63) is 566 Å². The molecule has 0 atom stereocenters. The standard InChI is InChI=1S/C15H13NO.C14H11NO2.C14H10.C12H10.C10H9NO2.C10H8.6C9H10.3C3H8/c1-2-16-13-9-5-3-7-11(13)15(17)12-8-4-6-10-14(12)16;1-2-15-13(16)10-7-3-5-9-6-4-8-11(12(9)10)14(15)17;1-3-7-13-11(5-1)9-10-12-6-2-4-8-14(12)13;1-3-7-11(8-4-1)12-9-5-2-6-10-12;1-2-11-9(12)7-5-3-4-6-8(7)10(11)13;1-2-6-10-8-4-3-7-9(10)5-1;6*1-8(2)9-6-4-3-5-7-9;3*1-3-2/h3-10H,2H2,1H3;3-8H,2H2,1H3;1-10H;1-10H;3-6H,2H2,1H3;1-8H;6*3-7H,1H2,2H3;3*3H2,1-2H3. The second-order valence-electron chi connectivity index (χ2n) is 34.7. The van der Waals surface area contributed by atoms with Crippen LogP contribution >= 0.6 is 0 Å². The molecule has 0 saturated heterocycles. The zero-order valence-corrected chi connectivity index (χ0v) is 88.2. The van der Waals surface area contributed by atoms with Crippen LogP contribution in [0.25, 0.3) is 109 Å². The molecule has 1 aromatic heterocycles. The van der Waals surface area contributed by atoms with Crippen molar-refractivity contribution in [2.24, 2.45) is 0 Å². The summed E-state index contributed by atoms with van der Waals surface area (Å²) in [6.45, 7) is 55.2. The van der Waals surface area contributed by atoms with Gasteiger partial charge in [0.25, 0.3) is 23.6 Å². The highest BCUT2D eigenvalue weighted by molar-refractivity contribution is 6.25. The quantitative estimate of drug-likeness (QED) is 0.0772. The minimum absolute atomic E-state index is 0.126. The number of hydrogen-bond donors (Lipinski definition) is 0. The zero-order valence-electron chi connectivity index (χ0n) is 88.2. The second-order valence-corrected chi connectivity index (χ2v) is 34.7. The molecule has 0 saturated carbocycles. The number of carbonyl (C=O) groups is 4. The van der Waals surface area contributed by atoms with Crippen molar-refractivity contribution in [1.82, 2.24) is 14.4 Å². The number of nitrogens with zero attached hydrogens (tertiary/aromatic N) is 3. The molecule has 0 N–H and O–H groups in total. The highest BCUT2D eigenvalue weighted by atomic mass is 16.2. The maximum Gasteiger partial charge on any atom is 0.261 e. The minimum Gasteiger partial charge on any atom is -0.341 e. The number of fused-ring (bicyclic) bond motifs is 7. The third kappa shape index (κ3) is 36.6. The van der Waals surface area contributed by atoms with E-state index in [9.17, 15) is 24.0 Å². The van der Waals surface area contributed by atoms with Crippen molar-refractivity contribution >= 4 is 122 Å². The van der Waals surface area contributed by atoms with E-state index in [-0.39, 0.29) is 29.1 Å². The summed E-state index contributed by atoms with van der Waals surface area (Å²) in [6, 6.07) is 153. The molecule has 8 heteroatoms. The fourth-order valence-corrected chi connectivity index (χ4v) is 15.0. The highest BCUT2D eigenvalue weighted by Crippen LogP contribution is 2.31. The molecule has 0 spiro atoms. The predicted molar refractivity (Wildman–Crippen MR) is 636 cm³/mol. The molecule has 2 aliphatic rings. The number of imide groups is 2. The number of para-hydroxylation sites is 2. The number of aromatic nitrogens is 1. The van der Waals surface area contributed by atoms with E-state index in [1.165, 1.54) is 106 Å². The Bertz CT molecular complexity index is 6670. The lowest BCUT2D eigenvalue weighted by molar-refractivity contribution is 0.0614. The second kappa shape index (κ2) is 64.6. The number of benzene rings is 18. The molecule has 21 rings (SSSR count). The number of allylic oxidation sites excluding steroid dienone is 6. The Morgan fingerprint density at radius 3 is 0.616 bits per heavy atom. The van der Waals surface area contributed by atoms with E-state index in [1.54, 1.807) is 43.3 Å². The monoisotopic (exact) mass is 1920 g/mol. The van der Waals surface area contributed by atoms with Gasteiger partial charge in [0.2, 0.25) is 0 Å². The van der Waals surface area contributed by atoms with Crippen LogP contribution in [0.15, 0.2) is 505 Å². The summed E-state index contributed by atoms with van der Waals surface area (Å²) in [7, 11) is 0. The molecule has 19 aromatic rings. The van der Waals surface area contributed by atoms with Crippen LogP contribution in [0.2, 0.25) is 0 Å². The first kappa shape index (κ1) is 116. The average Bonchev–Trinajstić information content (AvgIpc) is 0.884. The first-order valence-electron chi connectivity index (χ1n) is 50.3. The number of amides is 4. The summed E-state index contributed by atoms with van der Waals surface area (Å²) >= 11 is 0. The molecule has 0 radical (unpaired) electrons. The SMILES string of the molecule is C=C(C)c1ccccc1.C=C(C)c1ccccc1.C=C(C)c1ccccc1.C=C(C)c1ccccc1.C=C(C)c1ccccc1.C=C(C)c1ccccc1.CCC.CCC.CCC.CCN1C(=O)c2cccc3cccc(c23)C1=O.CCN1C(=O)c2ccccc2C1=O.CCn1c2ccccc2c(=O)c2ccccc21.c1ccc(-c2ccccc2)cc1.c1ccc2c(c1)ccc1ccccc12.c1ccc2ccccc2c1. The van der Waals surface area contributed by atoms with Crippen LogP contribution in [-0.2, 0) is 6.54 Å². The summed E-state index contributed by atoms with van der Waals surface area (Å²) in [5.74, 6) is -0.741. The summed E-state index contributed by atoms with van der Waals surface area (Å²) in [5.41, 5.74) is 21.0. The maximum atomic E-state index is 12.3. The van der Waals surface area contributed by atoms with Gasteiger partial charge >= 0.3 is 0 Å². The van der Waals surface area contributed by atoms with Gasteiger partial charge in [0.05, 0.1) is 22.2 Å². The Balaban J connectivity index is 0.000000216. The molecule has 3 heterocycles. The van der Waals surface area contributed by atoms with Gasteiger partial charge in [-0.05, 0) is 193 Å². The first-order valence-corrected chi connectivity index (χ1v) is 50.3. The van der Waals surface area contributed by atoms with E-state index in [0.29, 0.717) is 35.3 Å². The third-order valence-electron chi connectivity index (χ3n) is 22.4. The molecule has 0 bridgehead atoms. The van der Waals surface area contributed by atoms with Gasteiger partial charge in [-0.15, -0.1) is 0 Å². The van der Waals surface area contributed by atoms with Gasteiger partial charge in [-0.1, -0.05) is 546 Å². The molecule has 742 valence electrons. The summed E-state index contributed by atoms with van der Waals surface area (Å²) in [5, 5.41) is 11.2. The van der Waals surface area contributed by atoms with Crippen LogP contribution in [0.1, 0.15) is 198 Å². The Morgan fingerprint density at radius 1 is 0.192 bits per heavy atom. The molecular formula is C138H145N3O5. The molecule has 0 aliphatic carbocycles. The van der Waals surface area contributed by atoms with E-state index in [2.05, 4.69) is 323 Å². The fourth-order valence-electron chi connectivity index (χ4n) is 15.0. The van der Waals surface area contributed by atoms with Gasteiger partial charge in [0.15, 0.2) is 5.43 Å². The molecule has 8 nitrogen and oxygen atoms in total. The molecule has 0 fully saturated rings. The lowest BCUT2D eigenvalue weighted by Crippen LogP contribution is -2.39. The van der Waals surface area contributed by atoms with Crippen LogP contribution in [0.3, 0.4) is 0 Å². The van der Waals surface area contributed by atoms with E-state index in [1.807, 2.05) is 243 Å². The smallest absolute Gasteiger partial charge is 0.261 e. The number of aryl methyl sites for hydroxylation is 1. The van der Waals surface area contributed by atoms with Crippen molar-refractivity contribution in [1.29, 1.82) is 0 Å². The normalized spacial score (nSPS) is 10.5. The van der Waals surface area contributed by atoms with Crippen molar-refractivity contribution in [3.8, 4) is 11.1 Å². The number of pyridine rings is 1. The Morgan fingerprint density at radius 2 is 0.384 bits per heavy atom. The first-order chi connectivity index (χ1) is 70.8. The number of hydrogen-bond acceptors (Lipinski definition) is 5. The zero-order chi connectivity index (χ0) is 106. The molecule has 4 amide bonds. The van der Waals surface area contributed by atoms with Crippen molar-refractivity contribution < 1.29 is 19.2 Å².